The van der Waals surface area contributed by atoms with Crippen molar-refractivity contribution in [3.05, 3.63) is 46.9 Å². The second kappa shape index (κ2) is 4.91. The summed E-state index contributed by atoms with van der Waals surface area (Å²) in [5.74, 6) is 0.968. The summed E-state index contributed by atoms with van der Waals surface area (Å²) in [7, 11) is 0. The monoisotopic (exact) mass is 286 g/mol. The van der Waals surface area contributed by atoms with Crippen molar-refractivity contribution in [1.29, 1.82) is 0 Å². The Kier molecular flexibility index (Phi) is 3.22. The number of fused-ring (bicyclic) bond motifs is 1. The fourth-order valence-corrected chi connectivity index (χ4v) is 2.76. The van der Waals surface area contributed by atoms with Crippen LogP contribution in [0, 0.1) is 6.92 Å². The summed E-state index contributed by atoms with van der Waals surface area (Å²) in [6.07, 6.45) is 1.48. The van der Waals surface area contributed by atoms with Gasteiger partial charge < -0.3 is 4.42 Å². The molecule has 3 aromatic rings. The summed E-state index contributed by atoms with van der Waals surface area (Å²) in [4.78, 5) is 8.44. The predicted octanol–water partition coefficient (Wildman–Crippen LogP) is 4.98. The molecule has 0 saturated carbocycles. The Morgan fingerprint density at radius 3 is 2.70 bits per heavy atom. The first-order valence-electron chi connectivity index (χ1n) is 6.58. The standard InChI is InChI=1S/C16H15ClN2O/c1-9(2)13-14(18-8-19-16(13)17)12-7-11-6-4-5-10(3)15(11)20-12/h4-9H,1-3H3. The van der Waals surface area contributed by atoms with Gasteiger partial charge in [0.25, 0.3) is 0 Å². The molecule has 2 aromatic heterocycles. The van der Waals surface area contributed by atoms with Gasteiger partial charge in [-0.3, -0.25) is 0 Å². The molecule has 20 heavy (non-hydrogen) atoms. The van der Waals surface area contributed by atoms with E-state index in [4.69, 9.17) is 16.0 Å². The van der Waals surface area contributed by atoms with Gasteiger partial charge in [-0.05, 0) is 24.5 Å². The van der Waals surface area contributed by atoms with Gasteiger partial charge in [-0.15, -0.1) is 0 Å². The van der Waals surface area contributed by atoms with E-state index in [1.54, 1.807) is 0 Å². The summed E-state index contributed by atoms with van der Waals surface area (Å²) >= 11 is 6.21. The maximum atomic E-state index is 6.21. The fraction of sp³-hybridized carbons (Fsp3) is 0.250. The van der Waals surface area contributed by atoms with E-state index in [1.807, 2.05) is 31.2 Å². The van der Waals surface area contributed by atoms with Crippen molar-refractivity contribution in [2.45, 2.75) is 26.7 Å². The first-order valence-corrected chi connectivity index (χ1v) is 6.95. The van der Waals surface area contributed by atoms with Crippen molar-refractivity contribution in [3.8, 4) is 11.5 Å². The third-order valence-electron chi connectivity index (χ3n) is 3.39. The highest BCUT2D eigenvalue weighted by molar-refractivity contribution is 6.30. The number of para-hydroxylation sites is 1. The molecule has 3 rings (SSSR count). The van der Waals surface area contributed by atoms with Gasteiger partial charge in [0.05, 0.1) is 0 Å². The summed E-state index contributed by atoms with van der Waals surface area (Å²) in [5, 5.41) is 1.56. The highest BCUT2D eigenvalue weighted by atomic mass is 35.5. The molecule has 0 aliphatic carbocycles. The van der Waals surface area contributed by atoms with Crippen LogP contribution in [0.3, 0.4) is 0 Å². The number of nitrogens with zero attached hydrogens (tertiary/aromatic N) is 2. The normalized spacial score (nSPS) is 11.4. The topological polar surface area (TPSA) is 38.9 Å². The van der Waals surface area contributed by atoms with Crippen LogP contribution in [-0.4, -0.2) is 9.97 Å². The number of aromatic nitrogens is 2. The first kappa shape index (κ1) is 13.1. The number of benzene rings is 1. The number of rotatable bonds is 2. The maximum absolute atomic E-state index is 6.21. The van der Waals surface area contributed by atoms with Crippen LogP contribution < -0.4 is 0 Å². The Labute approximate surface area is 122 Å². The summed E-state index contributed by atoms with van der Waals surface area (Å²) in [6, 6.07) is 8.10. The number of hydrogen-bond acceptors (Lipinski definition) is 3. The van der Waals surface area contributed by atoms with Crippen molar-refractivity contribution in [2.75, 3.05) is 0 Å². The van der Waals surface area contributed by atoms with E-state index in [9.17, 15) is 0 Å². The van der Waals surface area contributed by atoms with Crippen LogP contribution >= 0.6 is 11.6 Å². The quantitative estimate of drug-likeness (QED) is 0.624. The van der Waals surface area contributed by atoms with Gasteiger partial charge in [-0.2, -0.15) is 0 Å². The molecule has 0 radical (unpaired) electrons. The van der Waals surface area contributed by atoms with E-state index >= 15 is 0 Å². The molecule has 0 atom stereocenters. The zero-order valence-corrected chi connectivity index (χ0v) is 12.4. The van der Waals surface area contributed by atoms with Crippen LogP contribution in [0.5, 0.6) is 0 Å². The van der Waals surface area contributed by atoms with Crippen LogP contribution in [0.15, 0.2) is 35.0 Å². The Morgan fingerprint density at radius 2 is 2.00 bits per heavy atom. The van der Waals surface area contributed by atoms with Gasteiger partial charge in [0, 0.05) is 10.9 Å². The minimum atomic E-state index is 0.230. The summed E-state index contributed by atoms with van der Waals surface area (Å²) < 4.78 is 5.98. The molecule has 0 amide bonds. The molecular formula is C16H15ClN2O. The average Bonchev–Trinajstić information content (AvgIpc) is 2.83. The molecule has 0 aliphatic heterocycles. The molecule has 0 N–H and O–H groups in total. The van der Waals surface area contributed by atoms with Gasteiger partial charge in [0.15, 0.2) is 5.76 Å². The number of aryl methyl sites for hydroxylation is 1. The lowest BCUT2D eigenvalue weighted by molar-refractivity contribution is 0.623. The third kappa shape index (κ3) is 2.08. The highest BCUT2D eigenvalue weighted by Gasteiger charge is 2.18. The zero-order valence-electron chi connectivity index (χ0n) is 11.6. The first-order chi connectivity index (χ1) is 9.58. The van der Waals surface area contributed by atoms with Crippen molar-refractivity contribution >= 4 is 22.6 Å². The molecule has 4 heteroatoms. The molecule has 0 spiro atoms. The van der Waals surface area contributed by atoms with Crippen LogP contribution in [0.2, 0.25) is 5.15 Å². The highest BCUT2D eigenvalue weighted by Crippen LogP contribution is 2.35. The van der Waals surface area contributed by atoms with Crippen LogP contribution in [0.25, 0.3) is 22.4 Å². The van der Waals surface area contributed by atoms with E-state index in [1.165, 1.54) is 6.33 Å². The van der Waals surface area contributed by atoms with E-state index in [-0.39, 0.29) is 5.92 Å². The molecule has 0 saturated heterocycles. The molecule has 0 unspecified atom stereocenters. The van der Waals surface area contributed by atoms with Gasteiger partial charge in [-0.25, -0.2) is 9.97 Å². The van der Waals surface area contributed by atoms with E-state index < -0.39 is 0 Å². The van der Waals surface area contributed by atoms with Crippen LogP contribution in [0.1, 0.15) is 30.9 Å². The number of hydrogen-bond donors (Lipinski definition) is 0. The van der Waals surface area contributed by atoms with Crippen molar-refractivity contribution in [3.63, 3.8) is 0 Å². The molecular weight excluding hydrogens is 272 g/mol. The fourth-order valence-electron chi connectivity index (χ4n) is 2.41. The van der Waals surface area contributed by atoms with Crippen LogP contribution in [0.4, 0.5) is 0 Å². The summed E-state index contributed by atoms with van der Waals surface area (Å²) in [6.45, 7) is 6.18. The van der Waals surface area contributed by atoms with Gasteiger partial charge in [0.1, 0.15) is 22.8 Å². The lowest BCUT2D eigenvalue weighted by Gasteiger charge is -2.10. The Morgan fingerprint density at radius 1 is 1.20 bits per heavy atom. The largest absolute Gasteiger partial charge is 0.454 e. The second-order valence-electron chi connectivity index (χ2n) is 5.19. The maximum Gasteiger partial charge on any atom is 0.154 e. The Hall–Kier alpha value is -1.87. The molecule has 0 bridgehead atoms. The number of halogens is 1. The summed E-state index contributed by atoms with van der Waals surface area (Å²) in [5.41, 5.74) is 3.70. The molecule has 1 aromatic carbocycles. The van der Waals surface area contributed by atoms with Crippen molar-refractivity contribution < 1.29 is 4.42 Å². The molecule has 0 fully saturated rings. The van der Waals surface area contributed by atoms with Gasteiger partial charge in [0.2, 0.25) is 0 Å². The predicted molar refractivity (Wildman–Crippen MR) is 81.1 cm³/mol. The minimum Gasteiger partial charge on any atom is -0.454 e. The third-order valence-corrected chi connectivity index (χ3v) is 3.69. The molecule has 102 valence electrons. The number of furan rings is 1. The van der Waals surface area contributed by atoms with Crippen molar-refractivity contribution in [2.24, 2.45) is 0 Å². The minimum absolute atomic E-state index is 0.230. The lowest BCUT2D eigenvalue weighted by atomic mass is 10.0. The lowest BCUT2D eigenvalue weighted by Crippen LogP contribution is -1.98. The van der Waals surface area contributed by atoms with E-state index in [0.29, 0.717) is 5.15 Å². The molecule has 2 heterocycles. The van der Waals surface area contributed by atoms with E-state index in [0.717, 1.165) is 33.6 Å². The Balaban J connectivity index is 2.26. The smallest absolute Gasteiger partial charge is 0.154 e. The average molecular weight is 287 g/mol. The second-order valence-corrected chi connectivity index (χ2v) is 5.54. The van der Waals surface area contributed by atoms with Crippen LogP contribution in [-0.2, 0) is 0 Å². The van der Waals surface area contributed by atoms with E-state index in [2.05, 4.69) is 23.8 Å². The Bertz CT molecular complexity index is 777. The molecule has 3 nitrogen and oxygen atoms in total. The SMILES string of the molecule is Cc1cccc2cc(-c3ncnc(Cl)c3C(C)C)oc12. The zero-order chi connectivity index (χ0) is 14.3. The van der Waals surface area contributed by atoms with Gasteiger partial charge in [-0.1, -0.05) is 43.6 Å². The molecule has 0 aliphatic rings. The van der Waals surface area contributed by atoms with Crippen molar-refractivity contribution in [1.82, 2.24) is 9.97 Å². The van der Waals surface area contributed by atoms with Gasteiger partial charge >= 0.3 is 0 Å².